The number of nitrogens with one attached hydrogen (secondary N) is 1. The molecule has 0 spiro atoms. The average molecular weight is 304 g/mol. The number of nitriles is 1. The number of phenols is 1. The van der Waals surface area contributed by atoms with E-state index in [1.165, 1.54) is 49.6 Å². The van der Waals surface area contributed by atoms with Crippen molar-refractivity contribution in [2.24, 2.45) is 0 Å². The Morgan fingerprint density at radius 1 is 1.19 bits per heavy atom. The Morgan fingerprint density at radius 2 is 1.86 bits per heavy atom. The molecular weight excluding hydrogens is 292 g/mol. The van der Waals surface area contributed by atoms with Gasteiger partial charge in [0.1, 0.15) is 11.5 Å². The monoisotopic (exact) mass is 304 g/mol. The lowest BCUT2D eigenvalue weighted by atomic mass is 10.2. The SMILES string of the molecule is COc1ccc(O)c(NS(=O)(=O)c2ccc(C#N)cc2)c1. The summed E-state index contributed by atoms with van der Waals surface area (Å²) in [5.74, 6) is 0.193. The fourth-order valence-corrected chi connectivity index (χ4v) is 2.70. The van der Waals surface area contributed by atoms with Crippen molar-refractivity contribution >= 4 is 15.7 Å². The minimum Gasteiger partial charge on any atom is -0.506 e. The molecule has 0 amide bonds. The molecule has 0 aliphatic rings. The highest BCUT2D eigenvalue weighted by Crippen LogP contribution is 2.29. The number of hydrogen-bond donors (Lipinski definition) is 2. The van der Waals surface area contributed by atoms with Crippen LogP contribution in [0.2, 0.25) is 0 Å². The van der Waals surface area contributed by atoms with Crippen LogP contribution in [0, 0.1) is 11.3 Å². The van der Waals surface area contributed by atoms with Gasteiger partial charge in [-0.15, -0.1) is 0 Å². The smallest absolute Gasteiger partial charge is 0.262 e. The van der Waals surface area contributed by atoms with Crippen LogP contribution in [0.15, 0.2) is 47.4 Å². The van der Waals surface area contributed by atoms with E-state index < -0.39 is 10.0 Å². The van der Waals surface area contributed by atoms with Crippen LogP contribution < -0.4 is 9.46 Å². The Labute approximate surface area is 122 Å². The van der Waals surface area contributed by atoms with Crippen LogP contribution in [-0.2, 0) is 10.0 Å². The Balaban J connectivity index is 2.35. The molecule has 2 aromatic carbocycles. The molecule has 0 aliphatic heterocycles. The molecule has 6 nitrogen and oxygen atoms in total. The van der Waals surface area contributed by atoms with E-state index in [9.17, 15) is 13.5 Å². The van der Waals surface area contributed by atoms with E-state index in [2.05, 4.69) is 4.72 Å². The van der Waals surface area contributed by atoms with Crippen LogP contribution in [0.1, 0.15) is 5.56 Å². The van der Waals surface area contributed by atoms with Gasteiger partial charge in [0.2, 0.25) is 0 Å². The number of ether oxygens (including phenoxy) is 1. The van der Waals surface area contributed by atoms with Gasteiger partial charge in [-0.25, -0.2) is 8.42 Å². The molecule has 0 unspecified atom stereocenters. The van der Waals surface area contributed by atoms with E-state index in [1.807, 2.05) is 6.07 Å². The van der Waals surface area contributed by atoms with E-state index in [0.29, 0.717) is 11.3 Å². The molecule has 0 heterocycles. The van der Waals surface area contributed by atoms with Crippen LogP contribution in [0.4, 0.5) is 5.69 Å². The summed E-state index contributed by atoms with van der Waals surface area (Å²) >= 11 is 0. The highest BCUT2D eigenvalue weighted by molar-refractivity contribution is 7.92. The lowest BCUT2D eigenvalue weighted by Gasteiger charge is -2.11. The summed E-state index contributed by atoms with van der Waals surface area (Å²) in [5.41, 5.74) is 0.372. The molecule has 0 atom stereocenters. The Hall–Kier alpha value is -2.72. The van der Waals surface area contributed by atoms with Gasteiger partial charge in [0, 0.05) is 6.07 Å². The molecule has 0 saturated carbocycles. The quantitative estimate of drug-likeness (QED) is 0.842. The predicted molar refractivity (Wildman–Crippen MR) is 76.6 cm³/mol. The zero-order valence-electron chi connectivity index (χ0n) is 11.1. The first-order valence-corrected chi connectivity index (χ1v) is 7.34. The number of benzene rings is 2. The van der Waals surface area contributed by atoms with Crippen LogP contribution in [0.3, 0.4) is 0 Å². The number of methoxy groups -OCH3 is 1. The largest absolute Gasteiger partial charge is 0.506 e. The molecule has 0 fully saturated rings. The van der Waals surface area contributed by atoms with Gasteiger partial charge in [-0.2, -0.15) is 5.26 Å². The van der Waals surface area contributed by atoms with Gasteiger partial charge in [-0.1, -0.05) is 0 Å². The van der Waals surface area contributed by atoms with Crippen molar-refractivity contribution in [2.75, 3.05) is 11.8 Å². The molecule has 0 bridgehead atoms. The maximum Gasteiger partial charge on any atom is 0.262 e. The van der Waals surface area contributed by atoms with Gasteiger partial charge in [0.25, 0.3) is 10.0 Å². The van der Waals surface area contributed by atoms with Gasteiger partial charge in [-0.3, -0.25) is 4.72 Å². The molecule has 108 valence electrons. The summed E-state index contributed by atoms with van der Waals surface area (Å²) in [4.78, 5) is -0.0104. The summed E-state index contributed by atoms with van der Waals surface area (Å²) < 4.78 is 31.7. The lowest BCUT2D eigenvalue weighted by Crippen LogP contribution is -2.13. The fraction of sp³-hybridized carbons (Fsp3) is 0.0714. The van der Waals surface area contributed by atoms with Gasteiger partial charge in [0.05, 0.1) is 29.3 Å². The second-order valence-electron chi connectivity index (χ2n) is 4.12. The van der Waals surface area contributed by atoms with Crippen LogP contribution in [0.25, 0.3) is 0 Å². The number of anilines is 1. The maximum atomic E-state index is 12.2. The van der Waals surface area contributed by atoms with Crippen molar-refractivity contribution in [2.45, 2.75) is 4.90 Å². The second-order valence-corrected chi connectivity index (χ2v) is 5.81. The van der Waals surface area contributed by atoms with Crippen molar-refractivity contribution in [1.29, 1.82) is 5.26 Å². The number of rotatable bonds is 4. The highest BCUT2D eigenvalue weighted by atomic mass is 32.2. The molecule has 21 heavy (non-hydrogen) atoms. The number of phenolic OH excluding ortho intramolecular Hbond substituents is 1. The average Bonchev–Trinajstić information content (AvgIpc) is 2.49. The highest BCUT2D eigenvalue weighted by Gasteiger charge is 2.16. The zero-order chi connectivity index (χ0) is 15.5. The number of aromatic hydroxyl groups is 1. The molecule has 0 aromatic heterocycles. The van der Waals surface area contributed by atoms with Crippen LogP contribution >= 0.6 is 0 Å². The number of sulfonamides is 1. The molecular formula is C14H12N2O4S. The van der Waals surface area contributed by atoms with E-state index >= 15 is 0 Å². The molecule has 2 aromatic rings. The van der Waals surface area contributed by atoms with E-state index in [4.69, 9.17) is 10.00 Å². The molecule has 2 rings (SSSR count). The molecule has 0 radical (unpaired) electrons. The van der Waals surface area contributed by atoms with Crippen LogP contribution in [0.5, 0.6) is 11.5 Å². The van der Waals surface area contributed by atoms with Crippen molar-refractivity contribution in [3.63, 3.8) is 0 Å². The van der Waals surface area contributed by atoms with E-state index in [0.717, 1.165) is 0 Å². The first-order valence-electron chi connectivity index (χ1n) is 5.86. The van der Waals surface area contributed by atoms with E-state index in [-0.39, 0.29) is 16.3 Å². The zero-order valence-corrected chi connectivity index (χ0v) is 11.9. The first-order chi connectivity index (χ1) is 9.96. The Kier molecular flexibility index (Phi) is 4.00. The molecule has 2 N–H and O–H groups in total. The summed E-state index contributed by atoms with van der Waals surface area (Å²) in [6, 6.07) is 11.6. The first kappa shape index (κ1) is 14.7. The number of nitrogens with zero attached hydrogens (tertiary/aromatic N) is 1. The van der Waals surface area contributed by atoms with Gasteiger partial charge < -0.3 is 9.84 Å². The Morgan fingerprint density at radius 3 is 2.43 bits per heavy atom. The van der Waals surface area contributed by atoms with Gasteiger partial charge in [-0.05, 0) is 36.4 Å². The standard InChI is InChI=1S/C14H12N2O4S/c1-20-11-4-7-14(17)13(8-11)16-21(18,19)12-5-2-10(9-15)3-6-12/h2-8,16-17H,1H3. The summed E-state index contributed by atoms with van der Waals surface area (Å²) in [6.07, 6.45) is 0. The molecule has 0 saturated heterocycles. The van der Waals surface area contributed by atoms with Crippen LogP contribution in [-0.4, -0.2) is 20.6 Å². The van der Waals surface area contributed by atoms with Crippen molar-refractivity contribution in [1.82, 2.24) is 0 Å². The summed E-state index contributed by atoms with van der Waals surface area (Å²) in [7, 11) is -2.42. The van der Waals surface area contributed by atoms with Crippen molar-refractivity contribution in [3.8, 4) is 17.6 Å². The third-order valence-electron chi connectivity index (χ3n) is 2.74. The molecule has 0 aliphatic carbocycles. The van der Waals surface area contributed by atoms with E-state index in [1.54, 1.807) is 0 Å². The summed E-state index contributed by atoms with van der Waals surface area (Å²) in [6.45, 7) is 0. The fourth-order valence-electron chi connectivity index (χ4n) is 1.64. The summed E-state index contributed by atoms with van der Waals surface area (Å²) in [5, 5.41) is 18.4. The third-order valence-corrected chi connectivity index (χ3v) is 4.12. The minimum atomic E-state index is -3.86. The number of hydrogen-bond acceptors (Lipinski definition) is 5. The topological polar surface area (TPSA) is 99.4 Å². The third kappa shape index (κ3) is 3.24. The second kappa shape index (κ2) is 5.73. The predicted octanol–water partition coefficient (Wildman–Crippen LogP) is 2.07. The van der Waals surface area contributed by atoms with Crippen molar-refractivity contribution in [3.05, 3.63) is 48.0 Å². The van der Waals surface area contributed by atoms with Gasteiger partial charge in [0.15, 0.2) is 0 Å². The minimum absolute atomic E-state index is 0.0104. The lowest BCUT2D eigenvalue weighted by molar-refractivity contribution is 0.413. The normalized spacial score (nSPS) is 10.7. The van der Waals surface area contributed by atoms with Crippen molar-refractivity contribution < 1.29 is 18.3 Å². The molecule has 7 heteroatoms. The Bertz CT molecular complexity index is 793. The van der Waals surface area contributed by atoms with Gasteiger partial charge >= 0.3 is 0 Å². The maximum absolute atomic E-state index is 12.2.